The van der Waals surface area contributed by atoms with Crippen molar-refractivity contribution in [3.05, 3.63) is 17.5 Å². The van der Waals surface area contributed by atoms with Gasteiger partial charge in [0.05, 0.1) is 29.1 Å². The lowest BCUT2D eigenvalue weighted by molar-refractivity contribution is 0.863. The van der Waals surface area contributed by atoms with Gasteiger partial charge in [-0.3, -0.25) is 0 Å². The maximum absolute atomic E-state index is 8.72. The van der Waals surface area contributed by atoms with Gasteiger partial charge in [-0.15, -0.1) is 0 Å². The average Bonchev–Trinajstić information content (AvgIpc) is 2.30. The van der Waals surface area contributed by atoms with Gasteiger partial charge in [-0.1, -0.05) is 13.8 Å². The van der Waals surface area contributed by atoms with Crippen LogP contribution in [0.2, 0.25) is 0 Å². The first kappa shape index (κ1) is 8.53. The highest BCUT2D eigenvalue weighted by Gasteiger charge is 2.10. The quantitative estimate of drug-likeness (QED) is 0.726. The van der Waals surface area contributed by atoms with E-state index >= 15 is 0 Å². The zero-order chi connectivity index (χ0) is 8.43. The third-order valence-electron chi connectivity index (χ3n) is 1.48. The van der Waals surface area contributed by atoms with E-state index < -0.39 is 0 Å². The van der Waals surface area contributed by atoms with Crippen molar-refractivity contribution in [3.63, 3.8) is 0 Å². The zero-order valence-electron chi connectivity index (χ0n) is 6.37. The summed E-state index contributed by atoms with van der Waals surface area (Å²) in [6, 6.07) is 2.12. The van der Waals surface area contributed by atoms with Crippen LogP contribution in [0.1, 0.15) is 31.0 Å². The molecule has 1 heterocycles. The van der Waals surface area contributed by atoms with E-state index in [9.17, 15) is 0 Å². The van der Waals surface area contributed by atoms with Gasteiger partial charge in [-0.25, -0.2) is 0 Å². The molecule has 0 unspecified atom stereocenters. The van der Waals surface area contributed by atoms with E-state index in [-0.39, 0.29) is 0 Å². The van der Waals surface area contributed by atoms with E-state index in [1.807, 2.05) is 22.9 Å². The molecular weight excluding hydrogens is 253 g/mol. The van der Waals surface area contributed by atoms with Crippen LogP contribution in [0.15, 0.2) is 6.20 Å². The van der Waals surface area contributed by atoms with Crippen molar-refractivity contribution in [2.24, 2.45) is 0 Å². The van der Waals surface area contributed by atoms with E-state index in [1.165, 1.54) is 0 Å². The Morgan fingerprint density at radius 2 is 2.36 bits per heavy atom. The summed E-state index contributed by atoms with van der Waals surface area (Å²) < 4.78 is 1.58. The minimum Gasteiger partial charge on any atom is -0.193 e. The van der Waals surface area contributed by atoms with Gasteiger partial charge in [-0.05, 0) is 5.92 Å². The first-order chi connectivity index (χ1) is 5.16. The van der Waals surface area contributed by atoms with Gasteiger partial charge in [-0.2, -0.15) is 13.3 Å². The van der Waals surface area contributed by atoms with Crippen LogP contribution in [0.25, 0.3) is 0 Å². The summed E-state index contributed by atoms with van der Waals surface area (Å²) in [5.74, 6) is 0.369. The highest BCUT2D eigenvalue weighted by Crippen LogP contribution is 2.19. The number of rotatable bonds is 1. The lowest BCUT2D eigenvalue weighted by atomic mass is 10.1. The number of nitriles is 1. The summed E-state index contributed by atoms with van der Waals surface area (Å²) >= 11 is 2.00. The van der Waals surface area contributed by atoms with E-state index in [2.05, 4.69) is 25.0 Å². The van der Waals surface area contributed by atoms with Gasteiger partial charge >= 0.3 is 0 Å². The normalized spacial score (nSPS) is 10.1. The van der Waals surface area contributed by atoms with E-state index in [0.717, 1.165) is 5.56 Å². The second-order valence-electron chi connectivity index (χ2n) is 2.58. The summed E-state index contributed by atoms with van der Waals surface area (Å²) in [7, 11) is 0. The summed E-state index contributed by atoms with van der Waals surface area (Å²) in [5, 5.41) is 12.7. The van der Waals surface area contributed by atoms with Gasteiger partial charge in [0, 0.05) is 5.56 Å². The van der Waals surface area contributed by atoms with Crippen molar-refractivity contribution in [1.29, 1.82) is 5.26 Å². The SMILES string of the molecule is CC(C)c1cnn(I)c1C#N. The molecule has 58 valence electrons. The largest absolute Gasteiger partial charge is 0.193 e. The van der Waals surface area contributed by atoms with Crippen LogP contribution in [-0.4, -0.2) is 7.99 Å². The lowest BCUT2D eigenvalue weighted by Crippen LogP contribution is -1.91. The van der Waals surface area contributed by atoms with E-state index in [0.29, 0.717) is 11.6 Å². The van der Waals surface area contributed by atoms with Crippen LogP contribution >= 0.6 is 22.9 Å². The number of hydrogen-bond acceptors (Lipinski definition) is 2. The molecule has 0 spiro atoms. The van der Waals surface area contributed by atoms with Gasteiger partial charge in [0.15, 0.2) is 5.69 Å². The topological polar surface area (TPSA) is 41.6 Å². The van der Waals surface area contributed by atoms with Gasteiger partial charge in [0.25, 0.3) is 0 Å². The van der Waals surface area contributed by atoms with Crippen LogP contribution in [0.5, 0.6) is 0 Å². The second kappa shape index (κ2) is 3.22. The molecule has 0 amide bonds. The van der Waals surface area contributed by atoms with Crippen LogP contribution < -0.4 is 0 Å². The molecule has 0 saturated heterocycles. The molecule has 0 aliphatic carbocycles. The second-order valence-corrected chi connectivity index (χ2v) is 3.49. The summed E-state index contributed by atoms with van der Waals surface area (Å²) in [5.41, 5.74) is 1.67. The molecular formula is C7H8IN3. The molecule has 0 saturated carbocycles. The molecule has 1 aromatic heterocycles. The molecule has 0 bridgehead atoms. The third-order valence-corrected chi connectivity index (χ3v) is 2.22. The smallest absolute Gasteiger partial charge is 0.153 e. The number of hydrogen-bond donors (Lipinski definition) is 0. The van der Waals surface area contributed by atoms with Gasteiger partial charge < -0.3 is 0 Å². The highest BCUT2D eigenvalue weighted by molar-refractivity contribution is 14.1. The molecule has 0 N–H and O–H groups in total. The molecule has 1 rings (SSSR count). The number of aromatic nitrogens is 2. The Morgan fingerprint density at radius 3 is 2.73 bits per heavy atom. The molecule has 0 radical (unpaired) electrons. The number of nitrogens with zero attached hydrogens (tertiary/aromatic N) is 3. The number of halogens is 1. The van der Waals surface area contributed by atoms with Crippen LogP contribution in [-0.2, 0) is 0 Å². The lowest BCUT2D eigenvalue weighted by Gasteiger charge is -1.99. The zero-order valence-corrected chi connectivity index (χ0v) is 8.53. The van der Waals surface area contributed by atoms with Crippen LogP contribution in [0.4, 0.5) is 0 Å². The Balaban J connectivity index is 3.19. The first-order valence-electron chi connectivity index (χ1n) is 3.31. The third kappa shape index (κ3) is 1.53. The molecule has 4 heteroatoms. The fourth-order valence-corrected chi connectivity index (χ4v) is 1.38. The monoisotopic (exact) mass is 261 g/mol. The highest BCUT2D eigenvalue weighted by atomic mass is 127. The molecule has 0 atom stereocenters. The molecule has 0 aromatic carbocycles. The molecule has 1 aromatic rings. The molecule has 3 nitrogen and oxygen atoms in total. The van der Waals surface area contributed by atoms with Crippen molar-refractivity contribution >= 4 is 22.9 Å². The Hall–Kier alpha value is -0.570. The average molecular weight is 261 g/mol. The molecule has 0 fully saturated rings. The predicted molar refractivity (Wildman–Crippen MR) is 50.4 cm³/mol. The molecule has 11 heavy (non-hydrogen) atoms. The van der Waals surface area contributed by atoms with E-state index in [1.54, 1.807) is 9.09 Å². The van der Waals surface area contributed by atoms with Crippen molar-refractivity contribution in [3.8, 4) is 6.07 Å². The summed E-state index contributed by atoms with van der Waals surface area (Å²) in [6.07, 6.45) is 1.75. The minimum absolute atomic E-state index is 0.369. The molecule has 0 aliphatic rings. The van der Waals surface area contributed by atoms with Crippen molar-refractivity contribution in [2.45, 2.75) is 19.8 Å². The van der Waals surface area contributed by atoms with Crippen molar-refractivity contribution in [2.75, 3.05) is 0 Å². The Morgan fingerprint density at radius 1 is 1.73 bits per heavy atom. The van der Waals surface area contributed by atoms with Crippen molar-refractivity contribution in [1.82, 2.24) is 7.99 Å². The van der Waals surface area contributed by atoms with Crippen LogP contribution in [0.3, 0.4) is 0 Å². The Kier molecular flexibility index (Phi) is 2.49. The van der Waals surface area contributed by atoms with Crippen molar-refractivity contribution < 1.29 is 0 Å². The fraction of sp³-hybridized carbons (Fsp3) is 0.429. The summed E-state index contributed by atoms with van der Waals surface area (Å²) in [6.45, 7) is 4.10. The van der Waals surface area contributed by atoms with Gasteiger partial charge in [0.1, 0.15) is 6.07 Å². The van der Waals surface area contributed by atoms with Gasteiger partial charge in [0.2, 0.25) is 0 Å². The predicted octanol–water partition coefficient (Wildman–Crippen LogP) is 2.08. The minimum atomic E-state index is 0.369. The molecule has 0 aliphatic heterocycles. The van der Waals surface area contributed by atoms with Crippen LogP contribution in [0, 0.1) is 11.3 Å². The van der Waals surface area contributed by atoms with E-state index in [4.69, 9.17) is 5.26 Å². The first-order valence-corrected chi connectivity index (χ1v) is 4.27. The maximum atomic E-state index is 8.72. The summed E-state index contributed by atoms with van der Waals surface area (Å²) in [4.78, 5) is 0. The maximum Gasteiger partial charge on any atom is 0.153 e. The Bertz CT molecular complexity index is 295. The standard InChI is InChI=1S/C7H8IN3/c1-5(2)6-4-10-11(8)7(6)3-9/h4-5H,1-2H3. The Labute approximate surface area is 79.5 Å². The fourth-order valence-electron chi connectivity index (χ4n) is 0.867.